The molecule has 0 aliphatic heterocycles. The summed E-state index contributed by atoms with van der Waals surface area (Å²) in [6, 6.07) is 0. The molecule has 0 saturated heterocycles. The molecule has 0 aliphatic rings. The molecular weight excluding hydrogens is 318 g/mol. The van der Waals surface area contributed by atoms with Crippen molar-refractivity contribution in [3.05, 3.63) is 0 Å². The van der Waals surface area contributed by atoms with Crippen molar-refractivity contribution in [2.24, 2.45) is 0 Å². The van der Waals surface area contributed by atoms with Gasteiger partial charge in [-0.1, -0.05) is 0 Å². The summed E-state index contributed by atoms with van der Waals surface area (Å²) in [6.45, 7) is 0. The van der Waals surface area contributed by atoms with Gasteiger partial charge in [0.25, 0.3) is 0 Å². The van der Waals surface area contributed by atoms with E-state index >= 15 is 0 Å². The van der Waals surface area contributed by atoms with Crippen LogP contribution in [0.1, 0.15) is 0 Å². The predicted octanol–water partition coefficient (Wildman–Crippen LogP) is 2.28. The minimum Gasteiger partial charge on any atom is -0.153 e. The van der Waals surface area contributed by atoms with E-state index in [9.17, 15) is 0 Å². The fourth-order valence-corrected chi connectivity index (χ4v) is 1.31. The number of halogens is 2. The van der Waals surface area contributed by atoms with Crippen molar-refractivity contribution in [2.75, 3.05) is 0 Å². The Kier molecular flexibility index (Phi) is 7.71. The van der Waals surface area contributed by atoms with Gasteiger partial charge in [0.15, 0.2) is 23.0 Å². The first-order valence-electron chi connectivity index (χ1n) is 0.642. The maximum absolute atomic E-state index is 4.22. The van der Waals surface area contributed by atoms with Crippen molar-refractivity contribution in [2.45, 2.75) is 0 Å². The second-order valence-corrected chi connectivity index (χ2v) is 1.89. The van der Waals surface area contributed by atoms with Crippen LogP contribution in [0.3, 0.4) is 0 Å². The van der Waals surface area contributed by atoms with E-state index in [1.165, 1.54) is 0 Å². The number of hydrogen-bond acceptors (Lipinski definition) is 3. The standard InChI is InChI=1S/I2O2S/c1-3-4-5-2. The van der Waals surface area contributed by atoms with Crippen LogP contribution >= 0.6 is 53.4 Å². The summed E-state index contributed by atoms with van der Waals surface area (Å²) in [6.07, 6.45) is 0. The van der Waals surface area contributed by atoms with Crippen molar-refractivity contribution in [1.29, 1.82) is 0 Å². The maximum atomic E-state index is 4.22. The Labute approximate surface area is 60.4 Å². The van der Waals surface area contributed by atoms with Gasteiger partial charge in [-0.2, -0.15) is 3.22 Å². The van der Waals surface area contributed by atoms with E-state index in [4.69, 9.17) is 0 Å². The zero-order chi connectivity index (χ0) is 4.12. The minimum absolute atomic E-state index is 1.14. The van der Waals surface area contributed by atoms with Crippen LogP contribution in [0.2, 0.25) is 0 Å². The monoisotopic (exact) mass is 318 g/mol. The van der Waals surface area contributed by atoms with E-state index in [1.807, 2.05) is 21.2 Å². The Bertz CT molecular complexity index is 15.1. The average Bonchev–Trinajstić information content (AvgIpc) is 1.41. The third kappa shape index (κ3) is 5.73. The fraction of sp³-hybridized carbons (Fsp3) is 0. The lowest BCUT2D eigenvalue weighted by Crippen LogP contribution is -1.55. The van der Waals surface area contributed by atoms with Gasteiger partial charge in [-0.05, 0) is 0 Å². The highest BCUT2D eigenvalue weighted by Gasteiger charge is 1.70. The van der Waals surface area contributed by atoms with Gasteiger partial charge in [0.05, 0.1) is 0 Å². The summed E-state index contributed by atoms with van der Waals surface area (Å²) in [5.41, 5.74) is 0. The van der Waals surface area contributed by atoms with Crippen molar-refractivity contribution < 1.29 is 7.55 Å². The summed E-state index contributed by atoms with van der Waals surface area (Å²) in [5, 5.41) is 0. The molecule has 32 valence electrons. The lowest BCUT2D eigenvalue weighted by molar-refractivity contribution is -0.0172. The van der Waals surface area contributed by atoms with E-state index in [-0.39, 0.29) is 0 Å². The van der Waals surface area contributed by atoms with Crippen LogP contribution in [0, 0.1) is 0 Å². The third-order valence-corrected chi connectivity index (χ3v) is 1.04. The van der Waals surface area contributed by atoms with E-state index < -0.39 is 0 Å². The smallest absolute Gasteiger partial charge is 0.153 e. The van der Waals surface area contributed by atoms with E-state index in [2.05, 4.69) is 7.55 Å². The average molecular weight is 318 g/mol. The van der Waals surface area contributed by atoms with E-state index in [1.54, 1.807) is 23.0 Å². The quantitative estimate of drug-likeness (QED) is 0.337. The highest BCUT2D eigenvalue weighted by molar-refractivity contribution is 14.2. The molecule has 0 atom stereocenters. The molecule has 0 aromatic rings. The Balaban J connectivity index is 2.19. The molecule has 0 radical (unpaired) electrons. The third-order valence-electron chi connectivity index (χ3n) is 0.0514. The predicted molar refractivity (Wildman–Crippen MR) is 37.8 cm³/mol. The Morgan fingerprint density at radius 2 is 2.20 bits per heavy atom. The van der Waals surface area contributed by atoms with Gasteiger partial charge in [-0.25, -0.2) is 0 Å². The zero-order valence-electron chi connectivity index (χ0n) is 1.98. The van der Waals surface area contributed by atoms with Gasteiger partial charge in [-0.3, -0.25) is 0 Å². The molecule has 5 heavy (non-hydrogen) atoms. The highest BCUT2D eigenvalue weighted by atomic mass is 127. The summed E-state index contributed by atoms with van der Waals surface area (Å²) in [5.74, 6) is 0. The van der Waals surface area contributed by atoms with Gasteiger partial charge in [0.2, 0.25) is 0 Å². The molecule has 0 aromatic carbocycles. The van der Waals surface area contributed by atoms with Gasteiger partial charge in [0, 0.05) is 21.2 Å². The van der Waals surface area contributed by atoms with Crippen LogP contribution in [0.4, 0.5) is 0 Å². The van der Waals surface area contributed by atoms with E-state index in [0.29, 0.717) is 0 Å². The van der Waals surface area contributed by atoms with Gasteiger partial charge >= 0.3 is 0 Å². The lowest BCUT2D eigenvalue weighted by atomic mass is 15.0. The van der Waals surface area contributed by atoms with Crippen LogP contribution in [-0.2, 0) is 7.55 Å². The molecule has 2 nitrogen and oxygen atoms in total. The van der Waals surface area contributed by atoms with Crippen LogP contribution < -0.4 is 0 Å². The minimum atomic E-state index is 1.14. The van der Waals surface area contributed by atoms with Crippen molar-refractivity contribution >= 4 is 53.4 Å². The first-order chi connectivity index (χ1) is 2.41. The molecule has 0 amide bonds. The molecule has 0 unspecified atom stereocenters. The van der Waals surface area contributed by atoms with Gasteiger partial charge < -0.3 is 0 Å². The van der Waals surface area contributed by atoms with Crippen LogP contribution in [0.15, 0.2) is 0 Å². The second-order valence-electron chi connectivity index (χ2n) is 0.194. The molecule has 5 heteroatoms. The topological polar surface area (TPSA) is 18.5 Å². The summed E-state index contributed by atoms with van der Waals surface area (Å²) in [7, 11) is 1.14. The van der Waals surface area contributed by atoms with Crippen LogP contribution in [-0.4, -0.2) is 0 Å². The largest absolute Gasteiger partial charge is 0.156 e. The number of rotatable bonds is 2. The molecule has 0 fully saturated rings. The van der Waals surface area contributed by atoms with Crippen molar-refractivity contribution in [3.63, 3.8) is 0 Å². The van der Waals surface area contributed by atoms with Crippen molar-refractivity contribution in [1.82, 2.24) is 0 Å². The Morgan fingerprint density at radius 3 is 2.20 bits per heavy atom. The van der Waals surface area contributed by atoms with E-state index in [0.717, 1.165) is 9.21 Å². The molecular formula is I2O2S. The molecule has 0 aromatic heterocycles. The van der Waals surface area contributed by atoms with Crippen LogP contribution in [0.25, 0.3) is 0 Å². The number of hydrogen-bond donors (Lipinski definition) is 0. The SMILES string of the molecule is IOOSI. The molecule has 0 aliphatic carbocycles. The lowest BCUT2D eigenvalue weighted by Gasteiger charge is -1.78. The molecule has 0 heterocycles. The normalized spacial score (nSPS) is 8.40. The summed E-state index contributed by atoms with van der Waals surface area (Å²) < 4.78 is 8.34. The fourth-order valence-electron chi connectivity index (χ4n) is 0.00972. The maximum Gasteiger partial charge on any atom is 0.156 e. The first-order valence-corrected chi connectivity index (χ1v) is 4.81. The highest BCUT2D eigenvalue weighted by Crippen LogP contribution is 2.13. The molecule has 0 N–H and O–H groups in total. The second kappa shape index (κ2) is 5.73. The first kappa shape index (κ1) is 6.73. The van der Waals surface area contributed by atoms with Crippen LogP contribution in [0.5, 0.6) is 0 Å². The molecule has 0 rings (SSSR count). The Morgan fingerprint density at radius 1 is 1.60 bits per heavy atom. The van der Waals surface area contributed by atoms with Crippen molar-refractivity contribution in [3.8, 4) is 0 Å². The molecule has 0 saturated carbocycles. The van der Waals surface area contributed by atoms with Gasteiger partial charge in [0.1, 0.15) is 9.21 Å². The summed E-state index contributed by atoms with van der Waals surface area (Å²) in [4.78, 5) is 0. The molecule has 0 spiro atoms. The molecule has 0 bridgehead atoms. The Hall–Kier alpha value is 1.73. The summed E-state index contributed by atoms with van der Waals surface area (Å²) >= 11 is 3.59. The zero-order valence-corrected chi connectivity index (χ0v) is 7.11. The van der Waals surface area contributed by atoms with Gasteiger partial charge in [-0.15, -0.1) is 4.33 Å².